The molecule has 0 unspecified atom stereocenters. The Balaban J connectivity index is 1.94. The molecule has 0 saturated carbocycles. The number of benzene rings is 2. The molecule has 0 radical (unpaired) electrons. The van der Waals surface area contributed by atoms with E-state index in [0.717, 1.165) is 11.1 Å². The molecule has 0 aromatic heterocycles. The molecule has 2 rings (SSSR count). The lowest BCUT2D eigenvalue weighted by atomic mass is 10.2. The normalized spacial score (nSPS) is 11.3. The van der Waals surface area contributed by atoms with Gasteiger partial charge in [-0.3, -0.25) is 0 Å². The molecule has 0 heterocycles. The SMILES string of the molecule is Ic1ccccc1C=COC=Cc1ccccc1I. The van der Waals surface area contributed by atoms with Crippen molar-refractivity contribution in [2.75, 3.05) is 0 Å². The minimum atomic E-state index is 1.16. The highest BCUT2D eigenvalue weighted by atomic mass is 127. The van der Waals surface area contributed by atoms with Gasteiger partial charge in [0, 0.05) is 7.14 Å². The van der Waals surface area contributed by atoms with Crippen LogP contribution in [-0.2, 0) is 4.74 Å². The fraction of sp³-hybridized carbons (Fsp3) is 0. The molecule has 0 amide bonds. The molecule has 96 valence electrons. The highest BCUT2D eigenvalue weighted by molar-refractivity contribution is 14.1. The Labute approximate surface area is 140 Å². The molecule has 0 fully saturated rings. The van der Waals surface area contributed by atoms with Gasteiger partial charge in [0.2, 0.25) is 0 Å². The zero-order valence-corrected chi connectivity index (χ0v) is 14.4. The van der Waals surface area contributed by atoms with Crippen molar-refractivity contribution in [1.29, 1.82) is 0 Å². The summed E-state index contributed by atoms with van der Waals surface area (Å²) in [4.78, 5) is 0. The number of hydrogen-bond donors (Lipinski definition) is 0. The Bertz CT molecular complexity index is 550. The number of halogens is 2. The predicted molar refractivity (Wildman–Crippen MR) is 97.5 cm³/mol. The summed E-state index contributed by atoms with van der Waals surface area (Å²) < 4.78 is 7.80. The van der Waals surface area contributed by atoms with Crippen molar-refractivity contribution < 1.29 is 4.74 Å². The van der Waals surface area contributed by atoms with Gasteiger partial charge in [-0.2, -0.15) is 0 Å². The molecule has 0 atom stereocenters. The van der Waals surface area contributed by atoms with E-state index < -0.39 is 0 Å². The summed E-state index contributed by atoms with van der Waals surface area (Å²) >= 11 is 4.62. The van der Waals surface area contributed by atoms with E-state index in [1.54, 1.807) is 12.5 Å². The minimum Gasteiger partial charge on any atom is -0.473 e. The van der Waals surface area contributed by atoms with Crippen LogP contribution in [0.15, 0.2) is 61.1 Å². The summed E-state index contributed by atoms with van der Waals surface area (Å²) in [6.07, 6.45) is 7.32. The minimum absolute atomic E-state index is 1.16. The monoisotopic (exact) mass is 474 g/mol. The summed E-state index contributed by atoms with van der Waals surface area (Å²) in [7, 11) is 0. The van der Waals surface area contributed by atoms with Crippen LogP contribution < -0.4 is 0 Å². The Kier molecular flexibility index (Phi) is 5.91. The van der Waals surface area contributed by atoms with E-state index in [-0.39, 0.29) is 0 Å². The molecule has 0 aliphatic carbocycles. The lowest BCUT2D eigenvalue weighted by Gasteiger charge is -1.98. The van der Waals surface area contributed by atoms with Crippen molar-refractivity contribution in [3.63, 3.8) is 0 Å². The molecule has 1 nitrogen and oxygen atoms in total. The van der Waals surface area contributed by atoms with Gasteiger partial charge in [-0.1, -0.05) is 36.4 Å². The van der Waals surface area contributed by atoms with Gasteiger partial charge in [-0.25, -0.2) is 0 Å². The summed E-state index contributed by atoms with van der Waals surface area (Å²) in [6, 6.07) is 16.4. The Morgan fingerprint density at radius 1 is 0.684 bits per heavy atom. The molecule has 0 bridgehead atoms. The largest absolute Gasteiger partial charge is 0.473 e. The first-order valence-corrected chi connectivity index (χ1v) is 7.91. The molecule has 2 aromatic carbocycles. The predicted octanol–water partition coefficient (Wildman–Crippen LogP) is 5.55. The van der Waals surface area contributed by atoms with E-state index in [2.05, 4.69) is 69.4 Å². The van der Waals surface area contributed by atoms with Gasteiger partial charge in [0.15, 0.2) is 0 Å². The van der Waals surface area contributed by atoms with Crippen LogP contribution in [0.4, 0.5) is 0 Å². The smallest absolute Gasteiger partial charge is 0.0907 e. The number of hydrogen-bond acceptors (Lipinski definition) is 1. The van der Waals surface area contributed by atoms with Crippen LogP contribution >= 0.6 is 45.2 Å². The van der Waals surface area contributed by atoms with Gasteiger partial charge in [0.05, 0.1) is 12.5 Å². The van der Waals surface area contributed by atoms with E-state index in [0.29, 0.717) is 0 Å². The first-order chi connectivity index (χ1) is 9.27. The van der Waals surface area contributed by atoms with E-state index in [9.17, 15) is 0 Å². The van der Waals surface area contributed by atoms with Crippen LogP contribution in [0.2, 0.25) is 0 Å². The van der Waals surface area contributed by atoms with E-state index in [4.69, 9.17) is 4.74 Å². The van der Waals surface area contributed by atoms with Crippen molar-refractivity contribution in [3.05, 3.63) is 79.3 Å². The Morgan fingerprint density at radius 3 is 1.53 bits per heavy atom. The van der Waals surface area contributed by atoms with Gasteiger partial charge < -0.3 is 4.74 Å². The number of rotatable bonds is 4. The van der Waals surface area contributed by atoms with Gasteiger partial charge in [0.25, 0.3) is 0 Å². The van der Waals surface area contributed by atoms with Crippen molar-refractivity contribution in [1.82, 2.24) is 0 Å². The Morgan fingerprint density at radius 2 is 1.11 bits per heavy atom. The molecule has 0 aliphatic rings. The molecule has 19 heavy (non-hydrogen) atoms. The van der Waals surface area contributed by atoms with E-state index in [1.807, 2.05) is 36.4 Å². The summed E-state index contributed by atoms with van der Waals surface area (Å²) in [5.41, 5.74) is 2.32. The maximum absolute atomic E-state index is 5.38. The van der Waals surface area contributed by atoms with Gasteiger partial charge in [-0.15, -0.1) is 0 Å². The zero-order chi connectivity index (χ0) is 13.5. The highest BCUT2D eigenvalue weighted by Gasteiger charge is 1.93. The fourth-order valence-electron chi connectivity index (χ4n) is 1.49. The zero-order valence-electron chi connectivity index (χ0n) is 10.1. The standard InChI is InChI=1S/C16H12I2O/c17-15-7-3-1-5-13(15)9-11-19-12-10-14-6-2-4-8-16(14)18/h1-12H. The maximum atomic E-state index is 5.38. The average Bonchev–Trinajstić information content (AvgIpc) is 2.42. The maximum Gasteiger partial charge on any atom is 0.0907 e. The lowest BCUT2D eigenvalue weighted by Crippen LogP contribution is -1.79. The average molecular weight is 474 g/mol. The second kappa shape index (κ2) is 7.69. The summed E-state index contributed by atoms with van der Waals surface area (Å²) in [6.45, 7) is 0. The first-order valence-electron chi connectivity index (χ1n) is 5.75. The van der Waals surface area contributed by atoms with E-state index in [1.165, 1.54) is 7.14 Å². The second-order valence-electron chi connectivity index (χ2n) is 3.78. The molecular formula is C16H12I2O. The molecule has 0 saturated heterocycles. The first kappa shape index (κ1) is 14.6. The third-order valence-corrected chi connectivity index (χ3v) is 4.43. The summed E-state index contributed by atoms with van der Waals surface area (Å²) in [5, 5.41) is 0. The third-order valence-electron chi connectivity index (χ3n) is 2.46. The van der Waals surface area contributed by atoms with Crippen LogP contribution in [0, 0.1) is 7.14 Å². The second-order valence-corrected chi connectivity index (χ2v) is 6.11. The van der Waals surface area contributed by atoms with Crippen molar-refractivity contribution in [3.8, 4) is 0 Å². The van der Waals surface area contributed by atoms with Crippen LogP contribution in [0.1, 0.15) is 11.1 Å². The van der Waals surface area contributed by atoms with Crippen molar-refractivity contribution in [2.24, 2.45) is 0 Å². The van der Waals surface area contributed by atoms with Crippen molar-refractivity contribution >= 4 is 57.3 Å². The van der Waals surface area contributed by atoms with Gasteiger partial charge >= 0.3 is 0 Å². The highest BCUT2D eigenvalue weighted by Crippen LogP contribution is 2.14. The van der Waals surface area contributed by atoms with Crippen LogP contribution in [-0.4, -0.2) is 0 Å². The quantitative estimate of drug-likeness (QED) is 0.417. The Hall–Kier alpha value is -0.820. The topological polar surface area (TPSA) is 9.23 Å². The molecule has 0 aliphatic heterocycles. The van der Waals surface area contributed by atoms with Gasteiger partial charge in [0.1, 0.15) is 0 Å². The van der Waals surface area contributed by atoms with Crippen LogP contribution in [0.5, 0.6) is 0 Å². The van der Waals surface area contributed by atoms with E-state index >= 15 is 0 Å². The molecule has 0 N–H and O–H groups in total. The molecule has 2 aromatic rings. The lowest BCUT2D eigenvalue weighted by molar-refractivity contribution is 0.410. The molecule has 3 heteroatoms. The summed E-state index contributed by atoms with van der Waals surface area (Å²) in [5.74, 6) is 0. The van der Waals surface area contributed by atoms with Crippen LogP contribution in [0.25, 0.3) is 12.2 Å². The molecule has 0 spiro atoms. The molecular weight excluding hydrogens is 462 g/mol. The number of ether oxygens (including phenoxy) is 1. The van der Waals surface area contributed by atoms with Crippen molar-refractivity contribution in [2.45, 2.75) is 0 Å². The third kappa shape index (κ3) is 4.65. The van der Waals surface area contributed by atoms with Gasteiger partial charge in [-0.05, 0) is 80.6 Å². The fourth-order valence-corrected chi connectivity index (χ4v) is 2.63. The van der Waals surface area contributed by atoms with Crippen LogP contribution in [0.3, 0.4) is 0 Å².